The molecule has 0 aliphatic heterocycles. The maximum atomic E-state index is 5.41. The highest BCUT2D eigenvalue weighted by Crippen LogP contribution is 2.49. The fraction of sp³-hybridized carbons (Fsp3) is 0.0714. The van der Waals surface area contributed by atoms with Crippen LogP contribution in [0.5, 0.6) is 0 Å². The molecule has 5 heterocycles. The monoisotopic (exact) mass is 601 g/mol. The highest BCUT2D eigenvalue weighted by molar-refractivity contribution is 6.24. The van der Waals surface area contributed by atoms with Gasteiger partial charge in [0.1, 0.15) is 0 Å². The summed E-state index contributed by atoms with van der Waals surface area (Å²) in [7, 11) is 0. The number of hydrogen-bond acceptors (Lipinski definition) is 5. The number of benzene rings is 4. The van der Waals surface area contributed by atoms with Gasteiger partial charge >= 0.3 is 0 Å². The SMILES string of the molecule is CC1(C)c2ccccc2-c2cc3c4ccccc4c4cc(-c5cccc(-c6ccc7ccc8cccnc8c7n6)n5)cnc4c3nc21. The van der Waals surface area contributed by atoms with E-state index in [9.17, 15) is 0 Å². The van der Waals surface area contributed by atoms with E-state index in [4.69, 9.17) is 19.9 Å². The van der Waals surface area contributed by atoms with Crippen LogP contribution in [-0.4, -0.2) is 24.9 Å². The second-order valence-electron chi connectivity index (χ2n) is 12.9. The van der Waals surface area contributed by atoms with Gasteiger partial charge in [0.05, 0.1) is 44.8 Å². The summed E-state index contributed by atoms with van der Waals surface area (Å²) in [5.41, 5.74) is 11.7. The lowest BCUT2D eigenvalue weighted by Crippen LogP contribution is -2.16. The lowest BCUT2D eigenvalue weighted by Gasteiger charge is -2.21. The van der Waals surface area contributed by atoms with Crippen molar-refractivity contribution in [1.82, 2.24) is 24.9 Å². The second-order valence-corrected chi connectivity index (χ2v) is 12.9. The normalized spacial score (nSPS) is 13.5. The lowest BCUT2D eigenvalue weighted by atomic mass is 9.85. The van der Waals surface area contributed by atoms with Crippen molar-refractivity contribution in [3.8, 4) is 33.8 Å². The molecule has 0 unspecified atom stereocenters. The predicted molar refractivity (Wildman–Crippen MR) is 191 cm³/mol. The smallest absolute Gasteiger partial charge is 0.0975 e. The lowest BCUT2D eigenvalue weighted by molar-refractivity contribution is 0.640. The standard InChI is InChI=1S/C42H27N5/c1-42(2)33-13-6-5-12-29(33)32-22-31-28-11-4-3-10-27(28)30-21-26(23-44-39(30)40(31)47-41(32)42)34-14-7-15-35(45-34)36-19-18-25-17-16-24-9-8-20-43-37(24)38(25)46-36/h3-23H,1-2H3. The minimum Gasteiger partial charge on any atom is -0.254 e. The molecule has 5 aromatic heterocycles. The van der Waals surface area contributed by atoms with Gasteiger partial charge in [-0.05, 0) is 58.3 Å². The van der Waals surface area contributed by atoms with Crippen molar-refractivity contribution in [2.45, 2.75) is 19.3 Å². The number of nitrogens with zero attached hydrogens (tertiary/aromatic N) is 5. The Morgan fingerprint density at radius 1 is 0.468 bits per heavy atom. The molecular formula is C42H27N5. The first-order valence-corrected chi connectivity index (χ1v) is 15.9. The van der Waals surface area contributed by atoms with Gasteiger partial charge in [-0.15, -0.1) is 0 Å². The third-order valence-corrected chi connectivity index (χ3v) is 9.86. The van der Waals surface area contributed by atoms with Gasteiger partial charge in [0.15, 0.2) is 0 Å². The van der Waals surface area contributed by atoms with Crippen LogP contribution in [0.2, 0.25) is 0 Å². The van der Waals surface area contributed by atoms with Gasteiger partial charge in [-0.3, -0.25) is 9.97 Å². The number of fused-ring (bicyclic) bond motifs is 12. The van der Waals surface area contributed by atoms with Crippen molar-refractivity contribution in [1.29, 1.82) is 0 Å². The summed E-state index contributed by atoms with van der Waals surface area (Å²) in [6, 6.07) is 40.3. The van der Waals surface area contributed by atoms with Crippen LogP contribution in [0.3, 0.4) is 0 Å². The van der Waals surface area contributed by atoms with Crippen LogP contribution < -0.4 is 0 Å². The summed E-state index contributed by atoms with van der Waals surface area (Å²) < 4.78 is 0. The number of hydrogen-bond donors (Lipinski definition) is 0. The van der Waals surface area contributed by atoms with E-state index in [1.807, 2.05) is 42.7 Å². The van der Waals surface area contributed by atoms with E-state index >= 15 is 0 Å². The van der Waals surface area contributed by atoms with Crippen molar-refractivity contribution < 1.29 is 0 Å². The Labute approximate surface area is 270 Å². The van der Waals surface area contributed by atoms with E-state index in [-0.39, 0.29) is 5.41 Å². The van der Waals surface area contributed by atoms with Gasteiger partial charge in [-0.25, -0.2) is 15.0 Å². The average molecular weight is 602 g/mol. The number of pyridine rings is 5. The molecule has 220 valence electrons. The van der Waals surface area contributed by atoms with E-state index in [0.29, 0.717) is 0 Å². The van der Waals surface area contributed by atoms with E-state index in [1.54, 1.807) is 0 Å². The number of aromatic nitrogens is 5. The quantitative estimate of drug-likeness (QED) is 0.185. The minimum absolute atomic E-state index is 0.193. The summed E-state index contributed by atoms with van der Waals surface area (Å²) >= 11 is 0. The molecule has 0 bridgehead atoms. The van der Waals surface area contributed by atoms with Crippen LogP contribution in [-0.2, 0) is 5.41 Å². The van der Waals surface area contributed by atoms with Crippen molar-refractivity contribution in [2.75, 3.05) is 0 Å². The Morgan fingerprint density at radius 2 is 1.19 bits per heavy atom. The summed E-state index contributed by atoms with van der Waals surface area (Å²) in [5, 5.41) is 6.66. The molecule has 0 saturated carbocycles. The largest absolute Gasteiger partial charge is 0.254 e. The molecule has 4 aromatic carbocycles. The zero-order valence-corrected chi connectivity index (χ0v) is 25.9. The molecule has 47 heavy (non-hydrogen) atoms. The molecule has 5 nitrogen and oxygen atoms in total. The van der Waals surface area contributed by atoms with Crippen LogP contribution in [0.25, 0.3) is 88.2 Å². The van der Waals surface area contributed by atoms with Gasteiger partial charge in [-0.2, -0.15) is 0 Å². The summed E-state index contributed by atoms with van der Waals surface area (Å²) in [5.74, 6) is 0. The Bertz CT molecular complexity index is 2780. The Kier molecular flexibility index (Phi) is 5.28. The van der Waals surface area contributed by atoms with Crippen LogP contribution in [0.1, 0.15) is 25.1 Å². The molecule has 1 aliphatic carbocycles. The summed E-state index contributed by atoms with van der Waals surface area (Å²) in [6.45, 7) is 4.54. The minimum atomic E-state index is -0.193. The van der Waals surface area contributed by atoms with Crippen LogP contribution in [0.15, 0.2) is 128 Å². The Morgan fingerprint density at radius 3 is 2.06 bits per heavy atom. The predicted octanol–water partition coefficient (Wildman–Crippen LogP) is 10.1. The summed E-state index contributed by atoms with van der Waals surface area (Å²) in [6.07, 6.45) is 3.75. The molecule has 0 spiro atoms. The van der Waals surface area contributed by atoms with Gasteiger partial charge in [0, 0.05) is 50.5 Å². The highest BCUT2D eigenvalue weighted by Gasteiger charge is 2.37. The third kappa shape index (κ3) is 3.74. The maximum absolute atomic E-state index is 5.41. The van der Waals surface area contributed by atoms with E-state index in [1.165, 1.54) is 22.1 Å². The van der Waals surface area contributed by atoms with Crippen molar-refractivity contribution in [2.24, 2.45) is 0 Å². The van der Waals surface area contributed by atoms with E-state index in [2.05, 4.69) is 104 Å². The molecule has 1 aliphatic rings. The van der Waals surface area contributed by atoms with Gasteiger partial charge < -0.3 is 0 Å². The topological polar surface area (TPSA) is 64.5 Å². The van der Waals surface area contributed by atoms with Crippen LogP contribution >= 0.6 is 0 Å². The van der Waals surface area contributed by atoms with Crippen molar-refractivity contribution in [3.05, 3.63) is 139 Å². The molecule has 0 N–H and O–H groups in total. The van der Waals surface area contributed by atoms with Crippen LogP contribution in [0.4, 0.5) is 0 Å². The fourth-order valence-electron chi connectivity index (χ4n) is 7.53. The molecule has 0 fully saturated rings. The molecule has 0 saturated heterocycles. The molecular weight excluding hydrogens is 574 g/mol. The molecule has 9 aromatic rings. The molecule has 0 amide bonds. The average Bonchev–Trinajstić information content (AvgIpc) is 3.36. The highest BCUT2D eigenvalue weighted by atomic mass is 14.8. The first-order valence-electron chi connectivity index (χ1n) is 15.9. The van der Waals surface area contributed by atoms with E-state index in [0.717, 1.165) is 77.3 Å². The molecule has 0 atom stereocenters. The Hall–Kier alpha value is -6.07. The zero-order valence-electron chi connectivity index (χ0n) is 25.9. The van der Waals surface area contributed by atoms with Crippen LogP contribution in [0, 0.1) is 0 Å². The van der Waals surface area contributed by atoms with Gasteiger partial charge in [0.2, 0.25) is 0 Å². The maximum Gasteiger partial charge on any atom is 0.0975 e. The zero-order chi connectivity index (χ0) is 31.3. The van der Waals surface area contributed by atoms with Gasteiger partial charge in [0.25, 0.3) is 0 Å². The second kappa shape index (κ2) is 9.47. The molecule has 0 radical (unpaired) electrons. The Balaban J connectivity index is 1.16. The van der Waals surface area contributed by atoms with Crippen molar-refractivity contribution in [3.63, 3.8) is 0 Å². The first kappa shape index (κ1) is 26.2. The van der Waals surface area contributed by atoms with Gasteiger partial charge in [-0.1, -0.05) is 92.7 Å². The molecule has 5 heteroatoms. The van der Waals surface area contributed by atoms with E-state index < -0.39 is 0 Å². The van der Waals surface area contributed by atoms with Crippen molar-refractivity contribution >= 4 is 54.4 Å². The summed E-state index contributed by atoms with van der Waals surface area (Å²) in [4.78, 5) is 25.3. The third-order valence-electron chi connectivity index (χ3n) is 9.86. The first-order chi connectivity index (χ1) is 23.0. The fourth-order valence-corrected chi connectivity index (χ4v) is 7.53. The molecule has 10 rings (SSSR count). The number of rotatable bonds is 2.